The van der Waals surface area contributed by atoms with E-state index in [1.807, 2.05) is 82.3 Å². The molecule has 75 heavy (non-hydrogen) atoms. The van der Waals surface area contributed by atoms with Crippen LogP contribution < -0.4 is 19.5 Å². The predicted octanol–water partition coefficient (Wildman–Crippen LogP) is 15.8. The Balaban J connectivity index is 0.000000266. The molecule has 21 heteroatoms. The van der Waals surface area contributed by atoms with Gasteiger partial charge in [-0.15, -0.1) is 0 Å². The van der Waals surface area contributed by atoms with E-state index in [0.717, 1.165) is 61.3 Å². The maximum Gasteiger partial charge on any atom is 0.426 e. The van der Waals surface area contributed by atoms with Gasteiger partial charge in [0.25, 0.3) is 0 Å². The van der Waals surface area contributed by atoms with E-state index in [1.54, 1.807) is 67.7 Å². The number of nitrogens with zero attached hydrogens (tertiary/aromatic N) is 3. The molecule has 1 aliphatic heterocycles. The van der Waals surface area contributed by atoms with Gasteiger partial charge >= 0.3 is 24.3 Å². The van der Waals surface area contributed by atoms with E-state index < -0.39 is 47.5 Å². The van der Waals surface area contributed by atoms with Crippen molar-refractivity contribution in [3.05, 3.63) is 143 Å². The molecule has 6 rings (SSSR count). The fraction of sp³-hybridized carbons (Fsp3) is 0.370. The number of carbonyl (C=O) groups excluding carboxylic acids is 3. The number of rotatable bonds is 19. The zero-order valence-electron chi connectivity index (χ0n) is 43.2. The number of benzene rings is 5. The Morgan fingerprint density at radius 3 is 2.13 bits per heavy atom. The van der Waals surface area contributed by atoms with E-state index in [-0.39, 0.29) is 22.2 Å². The lowest BCUT2D eigenvalue weighted by Crippen LogP contribution is -2.36. The molecule has 13 nitrogen and oxygen atoms in total. The smallest absolute Gasteiger partial charge is 0.426 e. The summed E-state index contributed by atoms with van der Waals surface area (Å²) in [6.45, 7) is 14.6. The van der Waals surface area contributed by atoms with Crippen LogP contribution in [-0.4, -0.2) is 71.9 Å². The van der Waals surface area contributed by atoms with Crippen LogP contribution in [-0.2, 0) is 43.2 Å². The lowest BCUT2D eigenvalue weighted by Gasteiger charge is -2.24. The molecule has 0 bridgehead atoms. The molecule has 0 saturated carbocycles. The lowest BCUT2D eigenvalue weighted by molar-refractivity contribution is -0.149. The number of anilines is 1. The van der Waals surface area contributed by atoms with Gasteiger partial charge in [0.05, 0.1) is 35.0 Å². The van der Waals surface area contributed by atoms with Crippen LogP contribution in [0.1, 0.15) is 84.1 Å². The number of unbranched alkanes of at least 4 members (excludes halogenated alkanes) is 1. The molecule has 0 aromatic heterocycles. The minimum Gasteiger partial charge on any atom is -0.483 e. The molecule has 3 atom stereocenters. The Morgan fingerprint density at radius 1 is 0.893 bits per heavy atom. The van der Waals surface area contributed by atoms with Gasteiger partial charge in [-0.05, 0) is 93.8 Å². The van der Waals surface area contributed by atoms with Crippen LogP contribution in [0.25, 0.3) is 0 Å². The molecule has 3 unspecified atom stereocenters. The van der Waals surface area contributed by atoms with Gasteiger partial charge in [0.1, 0.15) is 34.7 Å². The first-order valence-electron chi connectivity index (χ1n) is 23.9. The third-order valence-electron chi connectivity index (χ3n) is 10.5. The highest BCUT2D eigenvalue weighted by molar-refractivity contribution is 8.69. The van der Waals surface area contributed by atoms with Crippen LogP contribution in [0.5, 0.6) is 23.0 Å². The van der Waals surface area contributed by atoms with Gasteiger partial charge in [0, 0.05) is 49.3 Å². The van der Waals surface area contributed by atoms with E-state index >= 15 is 0 Å². The van der Waals surface area contributed by atoms with Gasteiger partial charge in [-0.1, -0.05) is 130 Å². The maximum atomic E-state index is 13.0. The lowest BCUT2D eigenvalue weighted by atomic mass is 10.0. The fourth-order valence-corrected chi connectivity index (χ4v) is 12.2. The second-order valence-electron chi connectivity index (χ2n) is 17.4. The van der Waals surface area contributed by atoms with Crippen molar-refractivity contribution in [2.45, 2.75) is 96.5 Å². The predicted molar refractivity (Wildman–Crippen MR) is 295 cm³/mol. The van der Waals surface area contributed by atoms with Crippen LogP contribution in [0.2, 0.25) is 5.02 Å². The van der Waals surface area contributed by atoms with Crippen molar-refractivity contribution in [2.75, 3.05) is 38.8 Å². The number of nitrogens with one attached hydrogen (secondary N) is 1. The fourth-order valence-electron chi connectivity index (χ4n) is 6.69. The number of amides is 2. The molecule has 0 saturated heterocycles. The normalized spacial score (nSPS) is 13.8. The zero-order chi connectivity index (χ0) is 55.3. The van der Waals surface area contributed by atoms with Crippen LogP contribution in [0, 0.1) is 17.2 Å². The van der Waals surface area contributed by atoms with Crippen molar-refractivity contribution in [3.63, 3.8) is 0 Å². The van der Waals surface area contributed by atoms with Crippen molar-refractivity contribution in [3.8, 4) is 29.1 Å². The minimum atomic E-state index is -4.54. The summed E-state index contributed by atoms with van der Waals surface area (Å²) >= 11 is 14.2. The van der Waals surface area contributed by atoms with Crippen molar-refractivity contribution >= 4 is 76.2 Å². The van der Waals surface area contributed by atoms with Crippen molar-refractivity contribution in [1.82, 2.24) is 8.61 Å². The van der Waals surface area contributed by atoms with E-state index in [1.165, 1.54) is 27.6 Å². The van der Waals surface area contributed by atoms with Crippen molar-refractivity contribution in [2.24, 2.45) is 5.92 Å². The largest absolute Gasteiger partial charge is 0.483 e. The first-order chi connectivity index (χ1) is 35.5. The molecule has 2 amide bonds. The quantitative estimate of drug-likeness (QED) is 0.0362. The van der Waals surface area contributed by atoms with E-state index in [9.17, 15) is 32.8 Å². The molecular weight excluding hydrogens is 1070 g/mol. The Kier molecular flexibility index (Phi) is 24.5. The van der Waals surface area contributed by atoms with E-state index in [4.69, 9.17) is 51.6 Å². The average Bonchev–Trinajstić information content (AvgIpc) is 3.70. The first-order valence-corrected chi connectivity index (χ1v) is 29.3. The van der Waals surface area contributed by atoms with Crippen LogP contribution >= 0.6 is 40.6 Å². The summed E-state index contributed by atoms with van der Waals surface area (Å²) in [5, 5.41) is 12.3. The van der Waals surface area contributed by atoms with Crippen LogP contribution in [0.15, 0.2) is 126 Å². The van der Waals surface area contributed by atoms with E-state index in [2.05, 4.69) is 24.4 Å². The van der Waals surface area contributed by atoms with Gasteiger partial charge < -0.3 is 33.5 Å². The Labute approximate surface area is 456 Å². The van der Waals surface area contributed by atoms with Gasteiger partial charge in [-0.25, -0.2) is 23.0 Å². The summed E-state index contributed by atoms with van der Waals surface area (Å²) in [6.07, 6.45) is -3.45. The number of hydrogen-bond acceptors (Lipinski definition) is 14. The number of ether oxygens (including phenoxy) is 5. The molecule has 0 radical (unpaired) electrons. The summed E-state index contributed by atoms with van der Waals surface area (Å²) < 4.78 is 74.6. The highest BCUT2D eigenvalue weighted by atomic mass is 35.5. The van der Waals surface area contributed by atoms with Crippen LogP contribution in [0.4, 0.5) is 28.4 Å². The maximum absolute atomic E-state index is 13.0. The Morgan fingerprint density at radius 2 is 1.53 bits per heavy atom. The molecule has 1 heterocycles. The van der Waals surface area contributed by atoms with Gasteiger partial charge in [-0.3, -0.25) is 0 Å². The number of alkyl halides is 3. The summed E-state index contributed by atoms with van der Waals surface area (Å²) in [6, 6.07) is 35.2. The Bertz CT molecular complexity index is 2740. The minimum absolute atomic E-state index is 0.141. The topological polar surface area (TPSA) is 149 Å². The van der Waals surface area contributed by atoms with Gasteiger partial charge in [-0.2, -0.15) is 18.4 Å². The standard InChI is InChI=1S/C26H22ClF3N2O3.C18H26N2O5S.C10H15OPS2/c1-16(2)24(32-22-12-11-18(14-21(22)27)26(28,29)30)25(33)35-23(15-31)17-7-6-10-20(13-17)34-19-8-4-3-5-9-19;1-6-7-11-23-16(21)19(4)26-20(5)17(22)24-14-10-8-9-13-12-18(2,3)25-15(13)14;1-3-11-12(13,4-2)14-10-8-6-5-7-9-10/h3-14,16,23-24,32H,1-2H3;8-10H,6-7,11-12H2,1-5H3;5-9H,3-4H2,1-2H3. The number of nitriles is 1. The molecule has 0 fully saturated rings. The summed E-state index contributed by atoms with van der Waals surface area (Å²) in [5.74, 6) is 0.952. The second kappa shape index (κ2) is 29.6. The summed E-state index contributed by atoms with van der Waals surface area (Å²) in [7, 11) is 3.06. The summed E-state index contributed by atoms with van der Waals surface area (Å²) in [4.78, 5) is 38.4. The van der Waals surface area contributed by atoms with Crippen LogP contribution in [0.3, 0.4) is 0 Å². The second-order valence-corrected chi connectivity index (χ2v) is 26.6. The van der Waals surface area contributed by atoms with Crippen molar-refractivity contribution < 1.29 is 55.8 Å². The van der Waals surface area contributed by atoms with Gasteiger partial charge in [0.15, 0.2) is 11.5 Å². The van der Waals surface area contributed by atoms with E-state index in [0.29, 0.717) is 41.8 Å². The molecule has 0 aliphatic carbocycles. The van der Waals surface area contributed by atoms with Gasteiger partial charge in [0.2, 0.25) is 6.10 Å². The zero-order valence-corrected chi connectivity index (χ0v) is 47.3. The molecule has 5 aromatic rings. The highest BCUT2D eigenvalue weighted by Crippen LogP contribution is 2.62. The highest BCUT2D eigenvalue weighted by Gasteiger charge is 2.34. The third kappa shape index (κ3) is 20.1. The van der Waals surface area contributed by atoms with Crippen molar-refractivity contribution in [1.29, 1.82) is 5.26 Å². The number of hydrogen-bond donors (Lipinski definition) is 1. The number of esters is 1. The average molecular weight is 1130 g/mol. The Hall–Kier alpha value is -5.61. The molecule has 5 aromatic carbocycles. The number of halogens is 4. The first kappa shape index (κ1) is 61.9. The number of carbonyl (C=O) groups is 3. The summed E-state index contributed by atoms with van der Waals surface area (Å²) in [5.41, 5.74) is -1.35. The molecular formula is C54H63ClF3N4O9PS3. The monoisotopic (exact) mass is 1130 g/mol. The SMILES string of the molecule is CC(C)C(Nc1ccc(C(F)(F)F)cc1Cl)C(=O)OC(C#N)c1cccc(Oc2ccccc2)c1.CCCCOC(=O)N(C)SN(C)C(=O)Oc1cccc2c1OC(C)(C)C2.CCOP(=S)(CC)Sc1ccccc1. The molecule has 404 valence electrons. The number of fused-ring (bicyclic) bond motifs is 1. The number of para-hydroxylation sites is 2. The molecule has 0 spiro atoms. The molecule has 1 aliphatic rings. The molecule has 1 N–H and O–H groups in total. The third-order valence-corrected chi connectivity index (χ3v) is 18.1.